The molecular weight excluding hydrogens is 757 g/mol. The lowest BCUT2D eigenvalue weighted by atomic mass is 9.98. The van der Waals surface area contributed by atoms with Gasteiger partial charge in [0.2, 0.25) is 11.8 Å². The van der Waals surface area contributed by atoms with E-state index >= 15 is 0 Å². The first kappa shape index (κ1) is 62.1. The van der Waals surface area contributed by atoms with Crippen LogP contribution in [0.1, 0.15) is 267 Å². The predicted molar refractivity (Wildman–Crippen MR) is 256 cm³/mol. The molecule has 0 spiro atoms. The highest BCUT2D eigenvalue weighted by Crippen LogP contribution is 2.24. The SMILES string of the molecule is C.C.C.C.CC(C)C1=NN=C(C(C)C)C1.CC(C)c1cnc(C(C)C)o1.CC(C)c1cnc(C(C)C)o1.CC(C)c1nnc(C(C)C)o1.CC(C)c1nnc(C(C)C)s1. The second-order valence-corrected chi connectivity index (χ2v) is 18.1. The van der Waals surface area contributed by atoms with Gasteiger partial charge in [-0.2, -0.15) is 10.2 Å². The lowest BCUT2D eigenvalue weighted by Gasteiger charge is -2.05. The van der Waals surface area contributed by atoms with E-state index in [-0.39, 0.29) is 29.7 Å². The number of nitrogens with zero attached hydrogens (tertiary/aromatic N) is 8. The minimum Gasteiger partial charge on any atom is -0.445 e. The van der Waals surface area contributed by atoms with Crippen LogP contribution in [0.2, 0.25) is 0 Å². The molecule has 0 bridgehead atoms. The van der Waals surface area contributed by atoms with Crippen LogP contribution >= 0.6 is 11.3 Å². The average molecular weight is 847 g/mol. The van der Waals surface area contributed by atoms with Gasteiger partial charge in [-0.15, -0.1) is 31.7 Å². The summed E-state index contributed by atoms with van der Waals surface area (Å²) in [6.45, 7) is 42.1. The van der Waals surface area contributed by atoms with Crippen LogP contribution in [0.25, 0.3) is 0 Å². The molecule has 4 aromatic rings. The number of oxazole rings is 2. The fourth-order valence-corrected chi connectivity index (χ4v) is 4.97. The van der Waals surface area contributed by atoms with E-state index in [1.54, 1.807) is 11.3 Å². The van der Waals surface area contributed by atoms with Crippen molar-refractivity contribution in [2.24, 2.45) is 22.0 Å². The average Bonchev–Trinajstić information content (AvgIpc) is 3.95. The predicted octanol–water partition coefficient (Wildman–Crippen LogP) is 16.0. The highest BCUT2D eigenvalue weighted by atomic mass is 32.1. The third-order valence-electron chi connectivity index (χ3n) is 8.10. The van der Waals surface area contributed by atoms with Crippen LogP contribution < -0.4 is 0 Å². The maximum absolute atomic E-state index is 5.50. The standard InChI is InChI=1S/C9H16N2.2C9H15NO.C8H14N2O.C8H14N2S.4CH4/c1-6(2)8-5-9(7(3)4)11-10-8;2*1-6(2)8-5-10-9(11-8)7(3)4;2*1-5(2)7-9-10-8(11-7)6(3)4;;;;/h6-7H,5H2,1-4H3;2*5-7H,1-4H3;2*5-6H,1-4H3;4*1H4. The normalized spacial score (nSPS) is 11.8. The Kier molecular flexibility index (Phi) is 32.1. The van der Waals surface area contributed by atoms with Gasteiger partial charge >= 0.3 is 0 Å². The molecule has 342 valence electrons. The summed E-state index contributed by atoms with van der Waals surface area (Å²) in [6.07, 6.45) is 4.63. The summed E-state index contributed by atoms with van der Waals surface area (Å²) in [5.74, 6) is 9.55. The third-order valence-corrected chi connectivity index (χ3v) is 9.62. The molecule has 0 atom stereocenters. The van der Waals surface area contributed by atoms with E-state index in [0.717, 1.165) is 51.5 Å². The molecule has 0 amide bonds. The molecule has 0 N–H and O–H groups in total. The summed E-state index contributed by atoms with van der Waals surface area (Å²) in [4.78, 5) is 8.34. The van der Waals surface area contributed by atoms with Gasteiger partial charge in [0, 0.05) is 65.2 Å². The van der Waals surface area contributed by atoms with Crippen molar-refractivity contribution in [3.8, 4) is 0 Å². The molecule has 12 heteroatoms. The minimum absolute atomic E-state index is 0. The van der Waals surface area contributed by atoms with E-state index in [2.05, 4.69) is 151 Å². The van der Waals surface area contributed by atoms with Crippen molar-refractivity contribution in [3.63, 3.8) is 0 Å². The van der Waals surface area contributed by atoms with E-state index in [1.807, 2.05) is 40.1 Å². The van der Waals surface area contributed by atoms with Gasteiger partial charge in [0.15, 0.2) is 11.8 Å². The Morgan fingerprint density at radius 1 is 0.373 bits per heavy atom. The van der Waals surface area contributed by atoms with Gasteiger partial charge in [0.25, 0.3) is 0 Å². The van der Waals surface area contributed by atoms with Crippen LogP contribution in [0.4, 0.5) is 0 Å². The van der Waals surface area contributed by atoms with Crippen molar-refractivity contribution < 1.29 is 13.3 Å². The Hall–Kier alpha value is -3.54. The molecule has 1 aliphatic rings. The first-order valence-corrected chi connectivity index (χ1v) is 21.1. The topological polar surface area (TPSA) is 141 Å². The highest BCUT2D eigenvalue weighted by Gasteiger charge is 2.17. The summed E-state index contributed by atoms with van der Waals surface area (Å²) in [5, 5.41) is 26.6. The maximum Gasteiger partial charge on any atom is 0.219 e. The van der Waals surface area contributed by atoms with Crippen LogP contribution in [-0.4, -0.2) is 41.8 Å². The summed E-state index contributed by atoms with van der Waals surface area (Å²) in [7, 11) is 0. The summed E-state index contributed by atoms with van der Waals surface area (Å²) in [6, 6.07) is 0. The molecule has 0 fully saturated rings. The van der Waals surface area contributed by atoms with Gasteiger partial charge in [0.1, 0.15) is 21.5 Å². The minimum atomic E-state index is 0. The van der Waals surface area contributed by atoms with Gasteiger partial charge in [-0.05, 0) is 11.8 Å². The molecule has 0 aliphatic carbocycles. The third kappa shape index (κ3) is 22.6. The second-order valence-electron chi connectivity index (χ2n) is 17.1. The van der Waals surface area contributed by atoms with Crippen molar-refractivity contribution in [2.75, 3.05) is 0 Å². The molecule has 0 unspecified atom stereocenters. The fourth-order valence-electron chi connectivity index (χ4n) is 4.12. The zero-order valence-electron chi connectivity index (χ0n) is 37.8. The van der Waals surface area contributed by atoms with Crippen LogP contribution in [-0.2, 0) is 0 Å². The lowest BCUT2D eigenvalue weighted by molar-refractivity contribution is 0.417. The van der Waals surface area contributed by atoms with E-state index < -0.39 is 0 Å². The smallest absolute Gasteiger partial charge is 0.219 e. The maximum atomic E-state index is 5.50. The van der Waals surface area contributed by atoms with E-state index in [0.29, 0.717) is 59.2 Å². The lowest BCUT2D eigenvalue weighted by Crippen LogP contribution is -2.12. The molecule has 4 aromatic heterocycles. The van der Waals surface area contributed by atoms with Crippen molar-refractivity contribution in [1.29, 1.82) is 0 Å². The molecule has 0 saturated heterocycles. The van der Waals surface area contributed by atoms with Gasteiger partial charge in [-0.25, -0.2) is 9.97 Å². The van der Waals surface area contributed by atoms with Gasteiger partial charge in [-0.3, -0.25) is 0 Å². The quantitative estimate of drug-likeness (QED) is 0.152. The first-order chi connectivity index (χ1) is 25.5. The number of aromatic nitrogens is 6. The monoisotopic (exact) mass is 847 g/mol. The molecule has 1 aliphatic heterocycles. The number of hydrogen-bond acceptors (Lipinski definition) is 12. The van der Waals surface area contributed by atoms with E-state index in [9.17, 15) is 0 Å². The Labute approximate surface area is 366 Å². The van der Waals surface area contributed by atoms with Gasteiger partial charge < -0.3 is 13.3 Å². The first-order valence-electron chi connectivity index (χ1n) is 20.3. The summed E-state index contributed by atoms with van der Waals surface area (Å²) < 4.78 is 16.4. The van der Waals surface area contributed by atoms with Crippen molar-refractivity contribution in [2.45, 2.75) is 222 Å². The van der Waals surface area contributed by atoms with Crippen LogP contribution in [0, 0.1) is 11.8 Å². The van der Waals surface area contributed by atoms with Gasteiger partial charge in [0.05, 0.1) is 12.4 Å². The summed E-state index contributed by atoms with van der Waals surface area (Å²) in [5.41, 5.74) is 2.46. The molecule has 11 nitrogen and oxygen atoms in total. The van der Waals surface area contributed by atoms with Gasteiger partial charge in [-0.1, -0.05) is 168 Å². The Balaban J connectivity index is -0.000000315. The molecule has 5 rings (SSSR count). The number of hydrogen-bond donors (Lipinski definition) is 0. The highest BCUT2D eigenvalue weighted by molar-refractivity contribution is 7.11. The summed E-state index contributed by atoms with van der Waals surface area (Å²) >= 11 is 1.73. The molecule has 0 saturated carbocycles. The fraction of sp³-hybridized carbons (Fsp3) is 0.745. The molecule has 0 aromatic carbocycles. The van der Waals surface area contributed by atoms with Crippen LogP contribution in [0.5, 0.6) is 0 Å². The molecule has 0 radical (unpaired) electrons. The van der Waals surface area contributed by atoms with Crippen molar-refractivity contribution >= 4 is 22.8 Å². The molecule has 5 heterocycles. The zero-order chi connectivity index (χ0) is 42.2. The Morgan fingerprint density at radius 2 is 0.678 bits per heavy atom. The van der Waals surface area contributed by atoms with E-state index in [1.165, 1.54) is 11.4 Å². The number of rotatable bonds is 10. The van der Waals surface area contributed by atoms with Crippen LogP contribution in [0.3, 0.4) is 0 Å². The molecular formula is C47H90N8O3S. The van der Waals surface area contributed by atoms with Crippen molar-refractivity contribution in [1.82, 2.24) is 30.4 Å². The zero-order valence-corrected chi connectivity index (χ0v) is 38.7. The van der Waals surface area contributed by atoms with Crippen molar-refractivity contribution in [3.05, 3.63) is 57.5 Å². The largest absolute Gasteiger partial charge is 0.445 e. The second kappa shape index (κ2) is 30.5. The van der Waals surface area contributed by atoms with E-state index in [4.69, 9.17) is 13.3 Å². The Bertz CT molecular complexity index is 1370. The molecule has 59 heavy (non-hydrogen) atoms. The van der Waals surface area contributed by atoms with Crippen LogP contribution in [0.15, 0.2) is 35.8 Å². The Morgan fingerprint density at radius 3 is 0.831 bits per heavy atom.